The maximum Gasteiger partial charge on any atom is 0.0252 e. The summed E-state index contributed by atoms with van der Waals surface area (Å²) >= 11 is 0. The van der Waals surface area contributed by atoms with Crippen molar-refractivity contribution in [1.82, 2.24) is 4.90 Å². The van der Waals surface area contributed by atoms with Gasteiger partial charge >= 0.3 is 0 Å². The molecule has 1 heterocycles. The topological polar surface area (TPSA) is 29.3 Å². The Morgan fingerprint density at radius 3 is 2.80 bits per heavy atom. The number of nitrogens with zero attached hydrogens (tertiary/aromatic N) is 1. The van der Waals surface area contributed by atoms with Crippen LogP contribution in [-0.4, -0.2) is 29.6 Å². The van der Waals surface area contributed by atoms with Crippen LogP contribution >= 0.6 is 0 Å². The molecule has 1 aliphatic carbocycles. The molecule has 0 aromatic rings. The first-order valence-electron chi connectivity index (χ1n) is 6.73. The third-order valence-electron chi connectivity index (χ3n) is 4.45. The molecule has 15 heavy (non-hydrogen) atoms. The minimum atomic E-state index is 0.438. The van der Waals surface area contributed by atoms with Gasteiger partial charge in [0.1, 0.15) is 0 Å². The summed E-state index contributed by atoms with van der Waals surface area (Å²) in [4.78, 5) is 2.72. The zero-order chi connectivity index (χ0) is 10.8. The van der Waals surface area contributed by atoms with Gasteiger partial charge in [-0.25, -0.2) is 0 Å². The standard InChI is InChI=1S/C13H26N2/c1-3-11-5-4-8-15(11)13-9-10(2)6-7-12(13)14/h10-13H,3-9,14H2,1-2H3. The third-order valence-corrected chi connectivity index (χ3v) is 4.45. The molecule has 0 amide bonds. The Morgan fingerprint density at radius 1 is 1.27 bits per heavy atom. The minimum Gasteiger partial charge on any atom is -0.326 e. The average Bonchev–Trinajstić information content (AvgIpc) is 2.69. The molecule has 4 atom stereocenters. The van der Waals surface area contributed by atoms with E-state index in [1.807, 2.05) is 0 Å². The van der Waals surface area contributed by atoms with Crippen molar-refractivity contribution in [3.63, 3.8) is 0 Å². The van der Waals surface area contributed by atoms with Crippen LogP contribution in [0.4, 0.5) is 0 Å². The van der Waals surface area contributed by atoms with Crippen molar-refractivity contribution in [2.45, 2.75) is 70.5 Å². The summed E-state index contributed by atoms with van der Waals surface area (Å²) in [7, 11) is 0. The Labute approximate surface area is 94.2 Å². The van der Waals surface area contributed by atoms with E-state index in [2.05, 4.69) is 18.7 Å². The fourth-order valence-electron chi connectivity index (χ4n) is 3.49. The molecular weight excluding hydrogens is 184 g/mol. The maximum atomic E-state index is 6.30. The molecule has 0 spiro atoms. The van der Waals surface area contributed by atoms with Gasteiger partial charge in [0.15, 0.2) is 0 Å². The molecule has 0 bridgehead atoms. The Kier molecular flexibility index (Phi) is 3.68. The van der Waals surface area contributed by atoms with Gasteiger partial charge in [0.05, 0.1) is 0 Å². The highest BCUT2D eigenvalue weighted by Gasteiger charge is 2.35. The second-order valence-electron chi connectivity index (χ2n) is 5.59. The van der Waals surface area contributed by atoms with Gasteiger partial charge in [0.25, 0.3) is 0 Å². The Morgan fingerprint density at radius 2 is 2.07 bits per heavy atom. The normalized spacial score (nSPS) is 43.4. The van der Waals surface area contributed by atoms with Crippen molar-refractivity contribution < 1.29 is 0 Å². The van der Waals surface area contributed by atoms with Crippen molar-refractivity contribution in [3.8, 4) is 0 Å². The lowest BCUT2D eigenvalue weighted by atomic mass is 9.82. The van der Waals surface area contributed by atoms with E-state index >= 15 is 0 Å². The van der Waals surface area contributed by atoms with E-state index in [0.29, 0.717) is 12.1 Å². The Balaban J connectivity index is 2.00. The lowest BCUT2D eigenvalue weighted by Crippen LogP contribution is -2.52. The van der Waals surface area contributed by atoms with Crippen LogP contribution in [0.3, 0.4) is 0 Å². The quantitative estimate of drug-likeness (QED) is 0.758. The van der Waals surface area contributed by atoms with Crippen molar-refractivity contribution in [1.29, 1.82) is 0 Å². The molecule has 88 valence electrons. The number of likely N-dealkylation sites (tertiary alicyclic amines) is 1. The fraction of sp³-hybridized carbons (Fsp3) is 1.00. The smallest absolute Gasteiger partial charge is 0.0252 e. The summed E-state index contributed by atoms with van der Waals surface area (Å²) in [6.45, 7) is 6.00. The predicted molar refractivity (Wildman–Crippen MR) is 64.8 cm³/mol. The van der Waals surface area contributed by atoms with Gasteiger partial charge in [-0.15, -0.1) is 0 Å². The van der Waals surface area contributed by atoms with Crippen molar-refractivity contribution >= 4 is 0 Å². The zero-order valence-electron chi connectivity index (χ0n) is 10.3. The zero-order valence-corrected chi connectivity index (χ0v) is 10.3. The molecule has 2 nitrogen and oxygen atoms in total. The van der Waals surface area contributed by atoms with Gasteiger partial charge in [0.2, 0.25) is 0 Å². The van der Waals surface area contributed by atoms with Crippen LogP contribution < -0.4 is 5.73 Å². The predicted octanol–water partition coefficient (Wildman–Crippen LogP) is 2.38. The Hall–Kier alpha value is -0.0800. The molecule has 0 aromatic carbocycles. The third kappa shape index (κ3) is 2.36. The molecule has 0 radical (unpaired) electrons. The lowest BCUT2D eigenvalue weighted by Gasteiger charge is -2.41. The van der Waals surface area contributed by atoms with Crippen LogP contribution in [0.5, 0.6) is 0 Å². The molecule has 2 aliphatic rings. The number of rotatable bonds is 2. The molecule has 4 unspecified atom stereocenters. The van der Waals surface area contributed by atoms with Gasteiger partial charge < -0.3 is 5.73 Å². The molecule has 1 aliphatic heterocycles. The van der Waals surface area contributed by atoms with E-state index < -0.39 is 0 Å². The van der Waals surface area contributed by atoms with E-state index in [1.165, 1.54) is 45.1 Å². The van der Waals surface area contributed by atoms with Crippen LogP contribution in [-0.2, 0) is 0 Å². The van der Waals surface area contributed by atoms with Crippen LogP contribution in [0.15, 0.2) is 0 Å². The summed E-state index contributed by atoms with van der Waals surface area (Å²) < 4.78 is 0. The summed E-state index contributed by atoms with van der Waals surface area (Å²) in [5, 5.41) is 0. The molecule has 2 rings (SSSR count). The molecule has 1 saturated carbocycles. The van der Waals surface area contributed by atoms with E-state index in [0.717, 1.165) is 12.0 Å². The second-order valence-corrected chi connectivity index (χ2v) is 5.59. The fourth-order valence-corrected chi connectivity index (χ4v) is 3.49. The van der Waals surface area contributed by atoms with Crippen molar-refractivity contribution in [2.24, 2.45) is 11.7 Å². The van der Waals surface area contributed by atoms with Gasteiger partial charge in [-0.2, -0.15) is 0 Å². The van der Waals surface area contributed by atoms with E-state index in [4.69, 9.17) is 5.73 Å². The van der Waals surface area contributed by atoms with Gasteiger partial charge in [-0.1, -0.05) is 13.8 Å². The van der Waals surface area contributed by atoms with Crippen LogP contribution in [0, 0.1) is 5.92 Å². The molecule has 2 fully saturated rings. The first-order chi connectivity index (χ1) is 7.22. The van der Waals surface area contributed by atoms with E-state index in [-0.39, 0.29) is 0 Å². The largest absolute Gasteiger partial charge is 0.326 e. The van der Waals surface area contributed by atoms with Crippen LogP contribution in [0.2, 0.25) is 0 Å². The minimum absolute atomic E-state index is 0.438. The second kappa shape index (κ2) is 4.84. The molecule has 1 saturated heterocycles. The summed E-state index contributed by atoms with van der Waals surface area (Å²) in [5.41, 5.74) is 6.30. The van der Waals surface area contributed by atoms with Gasteiger partial charge in [-0.3, -0.25) is 4.90 Å². The summed E-state index contributed by atoms with van der Waals surface area (Å²) in [6, 6.07) is 1.95. The first-order valence-corrected chi connectivity index (χ1v) is 6.73. The average molecular weight is 210 g/mol. The van der Waals surface area contributed by atoms with Crippen molar-refractivity contribution in [2.75, 3.05) is 6.54 Å². The highest BCUT2D eigenvalue weighted by molar-refractivity contribution is 4.93. The van der Waals surface area contributed by atoms with Gasteiger partial charge in [-0.05, 0) is 51.0 Å². The monoisotopic (exact) mass is 210 g/mol. The highest BCUT2D eigenvalue weighted by atomic mass is 15.2. The molecule has 2 heteroatoms. The van der Waals surface area contributed by atoms with Crippen LogP contribution in [0.25, 0.3) is 0 Å². The Bertz CT molecular complexity index is 205. The first kappa shape index (κ1) is 11.4. The number of nitrogens with two attached hydrogens (primary N) is 1. The van der Waals surface area contributed by atoms with E-state index in [1.54, 1.807) is 0 Å². The molecular formula is C13H26N2. The number of hydrogen-bond donors (Lipinski definition) is 1. The van der Waals surface area contributed by atoms with Gasteiger partial charge in [0, 0.05) is 18.1 Å². The van der Waals surface area contributed by atoms with Crippen LogP contribution in [0.1, 0.15) is 52.4 Å². The van der Waals surface area contributed by atoms with E-state index in [9.17, 15) is 0 Å². The SMILES string of the molecule is CCC1CCCN1C1CC(C)CCC1N. The summed E-state index contributed by atoms with van der Waals surface area (Å²) in [5.74, 6) is 0.882. The molecule has 0 aromatic heterocycles. The lowest BCUT2D eigenvalue weighted by molar-refractivity contribution is 0.102. The highest BCUT2D eigenvalue weighted by Crippen LogP contribution is 2.32. The molecule has 2 N–H and O–H groups in total. The summed E-state index contributed by atoms with van der Waals surface area (Å²) in [6.07, 6.45) is 7.99. The van der Waals surface area contributed by atoms with Crippen molar-refractivity contribution in [3.05, 3.63) is 0 Å². The maximum absolute atomic E-state index is 6.30. The number of hydrogen-bond acceptors (Lipinski definition) is 2.